The third-order valence-electron chi connectivity index (χ3n) is 2.71. The van der Waals surface area contributed by atoms with Gasteiger partial charge in [-0.3, -0.25) is 4.79 Å². The number of aliphatic carboxylic acids is 1. The summed E-state index contributed by atoms with van der Waals surface area (Å²) in [4.78, 5) is 11.4. The second kappa shape index (κ2) is 4.75. The second-order valence-electron chi connectivity index (χ2n) is 3.87. The quantitative estimate of drug-likeness (QED) is 0.945. The molecule has 1 aromatic carbocycles. The molecule has 0 bridgehead atoms. The van der Waals surface area contributed by atoms with Gasteiger partial charge in [0.2, 0.25) is 0 Å². The van der Waals surface area contributed by atoms with Gasteiger partial charge in [-0.05, 0) is 29.8 Å². The highest BCUT2D eigenvalue weighted by Crippen LogP contribution is 2.27. The summed E-state index contributed by atoms with van der Waals surface area (Å²) >= 11 is 3.36. The second-order valence-corrected chi connectivity index (χ2v) is 4.79. The SMILES string of the molecule is Cn1cccc1C(C(=O)O)c1cccc(Br)c1. The summed E-state index contributed by atoms with van der Waals surface area (Å²) < 4.78 is 2.72. The molecule has 0 amide bonds. The number of benzene rings is 1. The summed E-state index contributed by atoms with van der Waals surface area (Å²) in [6.07, 6.45) is 1.85. The third kappa shape index (κ3) is 2.42. The molecule has 1 N–H and O–H groups in total. The minimum Gasteiger partial charge on any atom is -0.480 e. The summed E-state index contributed by atoms with van der Waals surface area (Å²) in [5.41, 5.74) is 1.55. The zero-order chi connectivity index (χ0) is 12.4. The molecule has 0 saturated carbocycles. The maximum atomic E-state index is 11.4. The van der Waals surface area contributed by atoms with E-state index in [1.807, 2.05) is 54.2 Å². The molecule has 0 saturated heterocycles. The molecule has 0 aliphatic carbocycles. The minimum atomic E-state index is -0.843. The zero-order valence-electron chi connectivity index (χ0n) is 9.30. The minimum absolute atomic E-state index is 0.632. The Morgan fingerprint density at radius 1 is 1.35 bits per heavy atom. The molecule has 0 aliphatic heterocycles. The average Bonchev–Trinajstić information content (AvgIpc) is 2.65. The van der Waals surface area contributed by atoms with Crippen LogP contribution in [-0.2, 0) is 11.8 Å². The number of nitrogens with zero attached hydrogens (tertiary/aromatic N) is 1. The van der Waals surface area contributed by atoms with Crippen LogP contribution in [0.2, 0.25) is 0 Å². The van der Waals surface area contributed by atoms with Gasteiger partial charge in [-0.15, -0.1) is 0 Å². The molecule has 1 aromatic heterocycles. The van der Waals surface area contributed by atoms with Crippen molar-refractivity contribution in [1.82, 2.24) is 4.57 Å². The first-order valence-electron chi connectivity index (χ1n) is 5.19. The number of rotatable bonds is 3. The number of halogens is 1. The number of hydrogen-bond acceptors (Lipinski definition) is 1. The lowest BCUT2D eigenvalue weighted by atomic mass is 9.96. The van der Waals surface area contributed by atoms with Crippen LogP contribution in [0, 0.1) is 0 Å². The highest BCUT2D eigenvalue weighted by Gasteiger charge is 2.24. The Kier molecular flexibility index (Phi) is 3.33. The molecule has 0 fully saturated rings. The van der Waals surface area contributed by atoms with Gasteiger partial charge >= 0.3 is 5.97 Å². The molecular formula is C13H12BrNO2. The molecule has 17 heavy (non-hydrogen) atoms. The summed E-state index contributed by atoms with van der Waals surface area (Å²) in [7, 11) is 1.85. The molecule has 0 spiro atoms. The van der Waals surface area contributed by atoms with Gasteiger partial charge in [-0.2, -0.15) is 0 Å². The molecule has 0 radical (unpaired) electrons. The van der Waals surface area contributed by atoms with Crippen molar-refractivity contribution in [2.45, 2.75) is 5.92 Å². The fourth-order valence-electron chi connectivity index (χ4n) is 1.90. The van der Waals surface area contributed by atoms with Crippen LogP contribution in [0.3, 0.4) is 0 Å². The molecule has 2 aromatic rings. The van der Waals surface area contributed by atoms with Crippen molar-refractivity contribution >= 4 is 21.9 Å². The molecule has 1 unspecified atom stereocenters. The van der Waals surface area contributed by atoms with Crippen LogP contribution in [0.4, 0.5) is 0 Å². The lowest BCUT2D eigenvalue weighted by molar-refractivity contribution is -0.137. The molecular weight excluding hydrogens is 282 g/mol. The first kappa shape index (κ1) is 11.9. The van der Waals surface area contributed by atoms with Gasteiger partial charge in [0.25, 0.3) is 0 Å². The van der Waals surface area contributed by atoms with Gasteiger partial charge in [0.1, 0.15) is 5.92 Å². The topological polar surface area (TPSA) is 42.2 Å². The Labute approximate surface area is 108 Å². The van der Waals surface area contributed by atoms with Gasteiger partial charge in [0.15, 0.2) is 0 Å². The standard InChI is InChI=1S/C13H12BrNO2/c1-15-7-3-6-11(15)12(13(16)17)9-4-2-5-10(14)8-9/h2-8,12H,1H3,(H,16,17). The van der Waals surface area contributed by atoms with Crippen molar-refractivity contribution in [1.29, 1.82) is 0 Å². The molecule has 1 atom stereocenters. The lowest BCUT2D eigenvalue weighted by Gasteiger charge is -2.14. The van der Waals surface area contributed by atoms with Gasteiger partial charge in [-0.25, -0.2) is 0 Å². The van der Waals surface area contributed by atoms with E-state index in [9.17, 15) is 9.90 Å². The summed E-state index contributed by atoms with van der Waals surface area (Å²) in [5.74, 6) is -1.47. The fraction of sp³-hybridized carbons (Fsp3) is 0.154. The van der Waals surface area contributed by atoms with E-state index in [4.69, 9.17) is 0 Å². The maximum absolute atomic E-state index is 11.4. The van der Waals surface area contributed by atoms with Crippen LogP contribution in [0.1, 0.15) is 17.2 Å². The van der Waals surface area contributed by atoms with Gasteiger partial charge in [-0.1, -0.05) is 28.1 Å². The van der Waals surface area contributed by atoms with Gasteiger partial charge in [0, 0.05) is 23.4 Å². The molecule has 4 heteroatoms. The van der Waals surface area contributed by atoms with E-state index in [0.717, 1.165) is 15.7 Å². The Morgan fingerprint density at radius 3 is 2.65 bits per heavy atom. The number of aryl methyl sites for hydroxylation is 1. The lowest BCUT2D eigenvalue weighted by Crippen LogP contribution is -2.16. The molecule has 2 rings (SSSR count). The number of carboxylic acid groups (broad SMARTS) is 1. The number of carboxylic acids is 1. The zero-order valence-corrected chi connectivity index (χ0v) is 10.9. The van der Waals surface area contributed by atoms with Crippen molar-refractivity contribution in [3.05, 3.63) is 58.3 Å². The smallest absolute Gasteiger partial charge is 0.317 e. The molecule has 3 nitrogen and oxygen atoms in total. The Hall–Kier alpha value is -1.55. The monoisotopic (exact) mass is 293 g/mol. The van der Waals surface area contributed by atoms with Crippen molar-refractivity contribution in [3.63, 3.8) is 0 Å². The molecule has 0 aliphatic rings. The first-order chi connectivity index (χ1) is 8.09. The highest BCUT2D eigenvalue weighted by molar-refractivity contribution is 9.10. The van der Waals surface area contributed by atoms with Crippen LogP contribution >= 0.6 is 15.9 Å². The number of aromatic nitrogens is 1. The number of carbonyl (C=O) groups is 1. The van der Waals surface area contributed by atoms with Crippen molar-refractivity contribution < 1.29 is 9.90 Å². The van der Waals surface area contributed by atoms with Crippen LogP contribution in [0.5, 0.6) is 0 Å². The number of hydrogen-bond donors (Lipinski definition) is 1. The predicted molar refractivity (Wildman–Crippen MR) is 69.0 cm³/mol. The normalized spacial score (nSPS) is 12.4. The molecule has 1 heterocycles. The fourth-order valence-corrected chi connectivity index (χ4v) is 2.32. The predicted octanol–water partition coefficient (Wildman–Crippen LogP) is 3.00. The van der Waals surface area contributed by atoms with E-state index in [1.54, 1.807) is 0 Å². The van der Waals surface area contributed by atoms with Crippen LogP contribution in [0.25, 0.3) is 0 Å². The first-order valence-corrected chi connectivity index (χ1v) is 5.98. The summed E-state index contributed by atoms with van der Waals surface area (Å²) in [5, 5.41) is 9.39. The van der Waals surface area contributed by atoms with E-state index in [1.165, 1.54) is 0 Å². The van der Waals surface area contributed by atoms with E-state index >= 15 is 0 Å². The maximum Gasteiger partial charge on any atom is 0.317 e. The van der Waals surface area contributed by atoms with Crippen LogP contribution in [0.15, 0.2) is 47.1 Å². The van der Waals surface area contributed by atoms with Crippen LogP contribution in [-0.4, -0.2) is 15.6 Å². The average molecular weight is 294 g/mol. The van der Waals surface area contributed by atoms with Crippen molar-refractivity contribution in [2.24, 2.45) is 7.05 Å². The Morgan fingerprint density at radius 2 is 2.12 bits per heavy atom. The van der Waals surface area contributed by atoms with E-state index in [2.05, 4.69) is 15.9 Å². The van der Waals surface area contributed by atoms with E-state index < -0.39 is 11.9 Å². The highest BCUT2D eigenvalue weighted by atomic mass is 79.9. The van der Waals surface area contributed by atoms with E-state index in [0.29, 0.717) is 0 Å². The molecule has 88 valence electrons. The van der Waals surface area contributed by atoms with Crippen molar-refractivity contribution in [2.75, 3.05) is 0 Å². The third-order valence-corrected chi connectivity index (χ3v) is 3.20. The van der Waals surface area contributed by atoms with Gasteiger partial charge < -0.3 is 9.67 Å². The van der Waals surface area contributed by atoms with E-state index in [-0.39, 0.29) is 0 Å². The summed E-state index contributed by atoms with van der Waals surface area (Å²) in [6.45, 7) is 0. The summed E-state index contributed by atoms with van der Waals surface area (Å²) in [6, 6.07) is 11.1. The Balaban J connectivity index is 2.50. The Bertz CT molecular complexity index is 548. The largest absolute Gasteiger partial charge is 0.480 e. The van der Waals surface area contributed by atoms with Crippen LogP contribution < -0.4 is 0 Å². The van der Waals surface area contributed by atoms with Gasteiger partial charge in [0.05, 0.1) is 0 Å². The van der Waals surface area contributed by atoms with Crippen molar-refractivity contribution in [3.8, 4) is 0 Å².